The molecule has 0 amide bonds. The number of aryl methyl sites for hydroxylation is 1. The summed E-state index contributed by atoms with van der Waals surface area (Å²) >= 11 is 1.40. The number of esters is 1. The summed E-state index contributed by atoms with van der Waals surface area (Å²) in [4.78, 5) is 15.6. The molecular formula is C7H10N2O2S. The monoisotopic (exact) mass is 186 g/mol. The minimum Gasteiger partial charge on any atom is -0.469 e. The minimum atomic E-state index is -0.207. The fourth-order valence-corrected chi connectivity index (χ4v) is 1.45. The van der Waals surface area contributed by atoms with Crippen LogP contribution >= 0.6 is 11.3 Å². The molecule has 0 bridgehead atoms. The number of carbonyl (C=O) groups excluding carboxylic acids is 1. The lowest BCUT2D eigenvalue weighted by atomic mass is 10.3. The molecule has 66 valence electrons. The Kier molecular flexibility index (Phi) is 3.04. The number of hydrogen-bond donors (Lipinski definition) is 1. The third kappa shape index (κ3) is 2.50. The molecule has 0 aliphatic carbocycles. The van der Waals surface area contributed by atoms with E-state index in [1.165, 1.54) is 18.4 Å². The number of thiazole rings is 1. The van der Waals surface area contributed by atoms with Crippen LogP contribution in [0.25, 0.3) is 0 Å². The van der Waals surface area contributed by atoms with E-state index in [4.69, 9.17) is 5.73 Å². The van der Waals surface area contributed by atoms with Gasteiger partial charge < -0.3 is 10.5 Å². The Morgan fingerprint density at radius 3 is 3.08 bits per heavy atom. The zero-order valence-corrected chi connectivity index (χ0v) is 7.56. The molecule has 5 heteroatoms. The summed E-state index contributed by atoms with van der Waals surface area (Å²) in [5.41, 5.74) is 5.41. The lowest BCUT2D eigenvalue weighted by Crippen LogP contribution is -2.00. The van der Waals surface area contributed by atoms with E-state index in [0.717, 1.165) is 4.88 Å². The number of aromatic nitrogens is 1. The van der Waals surface area contributed by atoms with Crippen molar-refractivity contribution < 1.29 is 9.53 Å². The average Bonchev–Trinajstić information content (AvgIpc) is 2.47. The van der Waals surface area contributed by atoms with Crippen molar-refractivity contribution in [1.82, 2.24) is 4.98 Å². The molecule has 1 aromatic heterocycles. The quantitative estimate of drug-likeness (QED) is 0.710. The van der Waals surface area contributed by atoms with Crippen molar-refractivity contribution in [2.75, 3.05) is 12.8 Å². The van der Waals surface area contributed by atoms with E-state index in [2.05, 4.69) is 9.72 Å². The molecule has 1 heterocycles. The predicted molar refractivity (Wildman–Crippen MR) is 46.9 cm³/mol. The first kappa shape index (κ1) is 8.99. The first-order valence-electron chi connectivity index (χ1n) is 3.49. The number of rotatable bonds is 3. The van der Waals surface area contributed by atoms with Gasteiger partial charge >= 0.3 is 5.97 Å². The van der Waals surface area contributed by atoms with Crippen molar-refractivity contribution in [3.05, 3.63) is 11.1 Å². The highest BCUT2D eigenvalue weighted by atomic mass is 32.1. The van der Waals surface area contributed by atoms with Crippen LogP contribution in [0.5, 0.6) is 0 Å². The van der Waals surface area contributed by atoms with Crippen LogP contribution in [-0.4, -0.2) is 18.1 Å². The van der Waals surface area contributed by atoms with E-state index in [1.807, 2.05) is 0 Å². The Morgan fingerprint density at radius 2 is 2.58 bits per heavy atom. The molecule has 2 N–H and O–H groups in total. The number of ether oxygens (including phenoxy) is 1. The number of methoxy groups -OCH3 is 1. The van der Waals surface area contributed by atoms with Gasteiger partial charge in [-0.2, -0.15) is 0 Å². The molecule has 0 fully saturated rings. The molecule has 0 spiro atoms. The summed E-state index contributed by atoms with van der Waals surface area (Å²) in [7, 11) is 1.38. The maximum atomic E-state index is 10.7. The number of nitrogen functional groups attached to an aromatic ring is 1. The second-order valence-corrected chi connectivity index (χ2v) is 3.39. The summed E-state index contributed by atoms with van der Waals surface area (Å²) in [6, 6.07) is 0. The second kappa shape index (κ2) is 4.06. The summed E-state index contributed by atoms with van der Waals surface area (Å²) in [6.45, 7) is 0. The molecule has 0 aliphatic rings. The molecule has 0 aromatic carbocycles. The molecule has 0 atom stereocenters. The Hall–Kier alpha value is -1.10. The summed E-state index contributed by atoms with van der Waals surface area (Å²) < 4.78 is 4.49. The van der Waals surface area contributed by atoms with E-state index in [9.17, 15) is 4.79 Å². The van der Waals surface area contributed by atoms with Crippen LogP contribution in [0.4, 0.5) is 5.13 Å². The van der Waals surface area contributed by atoms with E-state index in [0.29, 0.717) is 18.0 Å². The molecule has 0 radical (unpaired) electrons. The van der Waals surface area contributed by atoms with Crippen molar-refractivity contribution >= 4 is 22.4 Å². The van der Waals surface area contributed by atoms with Gasteiger partial charge in [0.25, 0.3) is 0 Å². The van der Waals surface area contributed by atoms with E-state index in [1.54, 1.807) is 6.20 Å². The molecule has 4 nitrogen and oxygen atoms in total. The third-order valence-electron chi connectivity index (χ3n) is 1.37. The van der Waals surface area contributed by atoms with Crippen LogP contribution in [0.2, 0.25) is 0 Å². The zero-order chi connectivity index (χ0) is 8.97. The number of carbonyl (C=O) groups is 1. The predicted octanol–water partition coefficient (Wildman–Crippen LogP) is 0.831. The lowest BCUT2D eigenvalue weighted by Gasteiger charge is -1.95. The van der Waals surface area contributed by atoms with E-state index in [-0.39, 0.29) is 5.97 Å². The van der Waals surface area contributed by atoms with Gasteiger partial charge in [-0.3, -0.25) is 4.79 Å². The van der Waals surface area contributed by atoms with Gasteiger partial charge in [0.05, 0.1) is 13.5 Å². The van der Waals surface area contributed by atoms with Crippen molar-refractivity contribution in [3.63, 3.8) is 0 Å². The van der Waals surface area contributed by atoms with Gasteiger partial charge in [0, 0.05) is 11.1 Å². The van der Waals surface area contributed by atoms with Crippen LogP contribution in [0.15, 0.2) is 6.20 Å². The largest absolute Gasteiger partial charge is 0.469 e. The number of nitrogens with zero attached hydrogens (tertiary/aromatic N) is 1. The Balaban J connectivity index is 2.38. The van der Waals surface area contributed by atoms with E-state index >= 15 is 0 Å². The number of nitrogens with two attached hydrogens (primary N) is 1. The molecule has 0 unspecified atom stereocenters. The molecule has 1 aromatic rings. The average molecular weight is 186 g/mol. The fraction of sp³-hybridized carbons (Fsp3) is 0.429. The Morgan fingerprint density at radius 1 is 1.83 bits per heavy atom. The van der Waals surface area contributed by atoms with Gasteiger partial charge in [0.1, 0.15) is 0 Å². The van der Waals surface area contributed by atoms with Gasteiger partial charge in [-0.15, -0.1) is 11.3 Å². The van der Waals surface area contributed by atoms with Crippen LogP contribution in [-0.2, 0) is 16.0 Å². The topological polar surface area (TPSA) is 65.2 Å². The molecule has 1 rings (SSSR count). The number of hydrogen-bond acceptors (Lipinski definition) is 5. The smallest absolute Gasteiger partial charge is 0.305 e. The van der Waals surface area contributed by atoms with Crippen LogP contribution < -0.4 is 5.73 Å². The first-order valence-corrected chi connectivity index (χ1v) is 4.31. The van der Waals surface area contributed by atoms with Gasteiger partial charge in [0.2, 0.25) is 0 Å². The normalized spacial score (nSPS) is 9.75. The highest BCUT2D eigenvalue weighted by molar-refractivity contribution is 7.15. The van der Waals surface area contributed by atoms with Crippen molar-refractivity contribution in [3.8, 4) is 0 Å². The van der Waals surface area contributed by atoms with Crippen LogP contribution in [0, 0.1) is 0 Å². The summed E-state index contributed by atoms with van der Waals surface area (Å²) in [6.07, 6.45) is 2.72. The Labute approximate surface area is 74.4 Å². The first-order chi connectivity index (χ1) is 5.72. The van der Waals surface area contributed by atoms with Gasteiger partial charge in [-0.05, 0) is 6.42 Å². The van der Waals surface area contributed by atoms with Gasteiger partial charge in [-0.1, -0.05) is 0 Å². The summed E-state index contributed by atoms with van der Waals surface area (Å²) in [5, 5.41) is 0.537. The van der Waals surface area contributed by atoms with Crippen LogP contribution in [0.1, 0.15) is 11.3 Å². The standard InChI is InChI=1S/C7H10N2O2S/c1-11-6(10)3-2-5-4-9-7(8)12-5/h4H,2-3H2,1H3,(H2,8,9). The fourth-order valence-electron chi connectivity index (χ4n) is 0.766. The number of anilines is 1. The molecule has 0 saturated carbocycles. The lowest BCUT2D eigenvalue weighted by molar-refractivity contribution is -0.140. The van der Waals surface area contributed by atoms with Crippen molar-refractivity contribution in [2.24, 2.45) is 0 Å². The Bertz CT molecular complexity index is 272. The highest BCUT2D eigenvalue weighted by Gasteiger charge is 2.03. The second-order valence-electron chi connectivity index (χ2n) is 2.24. The van der Waals surface area contributed by atoms with E-state index < -0.39 is 0 Å². The van der Waals surface area contributed by atoms with Crippen molar-refractivity contribution in [1.29, 1.82) is 0 Å². The molecule has 0 aliphatic heterocycles. The highest BCUT2D eigenvalue weighted by Crippen LogP contribution is 2.15. The van der Waals surface area contributed by atoms with Crippen LogP contribution in [0.3, 0.4) is 0 Å². The molecular weight excluding hydrogens is 176 g/mol. The maximum Gasteiger partial charge on any atom is 0.305 e. The SMILES string of the molecule is COC(=O)CCc1cnc(N)s1. The van der Waals surface area contributed by atoms with Crippen molar-refractivity contribution in [2.45, 2.75) is 12.8 Å². The summed E-state index contributed by atoms with van der Waals surface area (Å²) in [5.74, 6) is -0.207. The van der Waals surface area contributed by atoms with Gasteiger partial charge in [-0.25, -0.2) is 4.98 Å². The minimum absolute atomic E-state index is 0.207. The third-order valence-corrected chi connectivity index (χ3v) is 2.26. The molecule has 12 heavy (non-hydrogen) atoms. The van der Waals surface area contributed by atoms with Gasteiger partial charge in [0.15, 0.2) is 5.13 Å². The molecule has 0 saturated heterocycles. The maximum absolute atomic E-state index is 10.7. The zero-order valence-electron chi connectivity index (χ0n) is 6.74.